The van der Waals surface area contributed by atoms with Gasteiger partial charge in [0.05, 0.1) is 0 Å². The summed E-state index contributed by atoms with van der Waals surface area (Å²) >= 11 is 0. The molecule has 0 aromatic heterocycles. The van der Waals surface area contributed by atoms with Crippen molar-refractivity contribution < 1.29 is 14.3 Å². The lowest BCUT2D eigenvalue weighted by Gasteiger charge is -2.19. The van der Waals surface area contributed by atoms with Gasteiger partial charge in [-0.15, -0.1) is 0 Å². The largest absolute Gasteiger partial charge is 0.444 e. The Bertz CT molecular complexity index is 567. The molecule has 0 spiro atoms. The molecule has 5 nitrogen and oxygen atoms in total. The maximum Gasteiger partial charge on any atom is 0.407 e. The van der Waals surface area contributed by atoms with Crippen molar-refractivity contribution >= 4 is 33.6 Å². The summed E-state index contributed by atoms with van der Waals surface area (Å²) in [5.74, 6) is 1.56. The molecule has 27 heavy (non-hydrogen) atoms. The van der Waals surface area contributed by atoms with E-state index in [1.165, 1.54) is 0 Å². The zero-order chi connectivity index (χ0) is 20.9. The number of hydrogen-bond donors (Lipinski definition) is 2. The number of benzene rings is 1. The number of carbonyl (C=O) groups is 2. The normalized spacial score (nSPS) is 10.5. The highest BCUT2D eigenvalue weighted by Crippen LogP contribution is 2.19. The number of carbonyl (C=O) groups excluding carboxylic acids is 2. The SMILES string of the molecule is CC.Cc1cc(C)cc(C(=O)NCCSSCCNC(=O)OC(C)(C)C)c1. The summed E-state index contributed by atoms with van der Waals surface area (Å²) in [6.45, 7) is 14.7. The number of aryl methyl sites for hydroxylation is 2. The molecule has 0 aliphatic heterocycles. The van der Waals surface area contributed by atoms with Crippen molar-refractivity contribution in [1.29, 1.82) is 0 Å². The standard InChI is InChI=1S/C18H28N2O3S2.C2H6/c1-13-10-14(2)12-15(11-13)16(21)19-6-8-24-25-9-7-20-17(22)23-18(3,4)5;1-2/h10-12H,6-9H2,1-5H3,(H,19,21)(H,20,22);1-2H3. The van der Waals surface area contributed by atoms with E-state index in [-0.39, 0.29) is 12.0 Å². The van der Waals surface area contributed by atoms with Gasteiger partial charge in [0.1, 0.15) is 5.60 Å². The van der Waals surface area contributed by atoms with Crippen LogP contribution in [-0.2, 0) is 4.74 Å². The molecule has 7 heteroatoms. The molecule has 0 atom stereocenters. The zero-order valence-corrected chi connectivity index (χ0v) is 19.2. The van der Waals surface area contributed by atoms with Crippen LogP contribution in [-0.4, -0.2) is 42.2 Å². The van der Waals surface area contributed by atoms with Crippen LogP contribution in [0.3, 0.4) is 0 Å². The molecular weight excluding hydrogens is 380 g/mol. The van der Waals surface area contributed by atoms with Gasteiger partial charge in [-0.1, -0.05) is 52.6 Å². The predicted molar refractivity (Wildman–Crippen MR) is 119 cm³/mol. The van der Waals surface area contributed by atoms with Gasteiger partial charge < -0.3 is 15.4 Å². The van der Waals surface area contributed by atoms with E-state index >= 15 is 0 Å². The molecule has 0 radical (unpaired) electrons. The third-order valence-electron chi connectivity index (χ3n) is 2.89. The van der Waals surface area contributed by atoms with Crippen molar-refractivity contribution in [3.63, 3.8) is 0 Å². The number of nitrogens with one attached hydrogen (secondary N) is 2. The molecule has 0 fully saturated rings. The molecule has 0 heterocycles. The quantitative estimate of drug-likeness (QED) is 0.464. The highest BCUT2D eigenvalue weighted by molar-refractivity contribution is 8.76. The summed E-state index contributed by atoms with van der Waals surface area (Å²) in [6, 6.07) is 5.84. The van der Waals surface area contributed by atoms with Crippen LogP contribution in [0.2, 0.25) is 0 Å². The number of rotatable bonds is 8. The summed E-state index contributed by atoms with van der Waals surface area (Å²) in [5.41, 5.74) is 2.41. The lowest BCUT2D eigenvalue weighted by Crippen LogP contribution is -2.33. The average molecular weight is 415 g/mol. The van der Waals surface area contributed by atoms with Crippen molar-refractivity contribution in [1.82, 2.24) is 10.6 Å². The first kappa shape index (κ1) is 25.7. The van der Waals surface area contributed by atoms with E-state index < -0.39 is 5.60 Å². The first-order chi connectivity index (χ1) is 12.7. The van der Waals surface area contributed by atoms with E-state index in [1.807, 2.05) is 60.6 Å². The molecule has 0 saturated heterocycles. The van der Waals surface area contributed by atoms with Crippen LogP contribution in [0.5, 0.6) is 0 Å². The average Bonchev–Trinajstić information content (AvgIpc) is 2.56. The van der Waals surface area contributed by atoms with E-state index in [0.717, 1.165) is 22.6 Å². The molecule has 0 aliphatic rings. The first-order valence-electron chi connectivity index (χ1n) is 9.25. The first-order valence-corrected chi connectivity index (χ1v) is 11.7. The second kappa shape index (κ2) is 13.8. The third-order valence-corrected chi connectivity index (χ3v) is 5.30. The highest BCUT2D eigenvalue weighted by Gasteiger charge is 2.15. The summed E-state index contributed by atoms with van der Waals surface area (Å²) < 4.78 is 5.15. The smallest absolute Gasteiger partial charge is 0.407 e. The van der Waals surface area contributed by atoms with E-state index in [2.05, 4.69) is 16.7 Å². The molecule has 1 aromatic rings. The van der Waals surface area contributed by atoms with Crippen molar-refractivity contribution in [2.45, 2.75) is 54.1 Å². The summed E-state index contributed by atoms with van der Waals surface area (Å²) in [5, 5.41) is 5.64. The molecule has 0 saturated carbocycles. The van der Waals surface area contributed by atoms with Gasteiger partial charge in [-0.3, -0.25) is 4.79 Å². The van der Waals surface area contributed by atoms with Gasteiger partial charge >= 0.3 is 6.09 Å². The Balaban J connectivity index is 0.00000326. The molecular formula is C20H34N2O3S2. The Kier molecular flexibility index (Phi) is 13.1. The third kappa shape index (κ3) is 13.5. The van der Waals surface area contributed by atoms with Gasteiger partial charge in [0.25, 0.3) is 5.91 Å². The maximum atomic E-state index is 12.1. The van der Waals surface area contributed by atoms with Gasteiger partial charge in [0.2, 0.25) is 0 Å². The van der Waals surface area contributed by atoms with E-state index in [1.54, 1.807) is 21.6 Å². The fourth-order valence-electron chi connectivity index (χ4n) is 2.04. The van der Waals surface area contributed by atoms with Gasteiger partial charge in [0.15, 0.2) is 0 Å². The summed E-state index contributed by atoms with van der Waals surface area (Å²) in [4.78, 5) is 23.5. The zero-order valence-electron chi connectivity index (χ0n) is 17.6. The van der Waals surface area contributed by atoms with Crippen LogP contribution in [0.4, 0.5) is 4.79 Å². The van der Waals surface area contributed by atoms with Crippen molar-refractivity contribution in [2.24, 2.45) is 0 Å². The molecule has 154 valence electrons. The monoisotopic (exact) mass is 414 g/mol. The fourth-order valence-corrected chi connectivity index (χ4v) is 3.85. The van der Waals surface area contributed by atoms with Crippen LogP contribution in [0.15, 0.2) is 18.2 Å². The minimum absolute atomic E-state index is 0.0380. The van der Waals surface area contributed by atoms with E-state index in [0.29, 0.717) is 18.7 Å². The van der Waals surface area contributed by atoms with Crippen LogP contribution in [0.1, 0.15) is 56.1 Å². The number of amides is 2. The maximum absolute atomic E-state index is 12.1. The second-order valence-electron chi connectivity index (χ2n) is 6.70. The van der Waals surface area contributed by atoms with Gasteiger partial charge in [-0.25, -0.2) is 4.79 Å². The molecule has 1 rings (SSSR count). The Morgan fingerprint density at radius 1 is 0.926 bits per heavy atom. The number of hydrogen-bond acceptors (Lipinski definition) is 5. The summed E-state index contributed by atoms with van der Waals surface area (Å²) in [6.07, 6.45) is -0.390. The fraction of sp³-hybridized carbons (Fsp3) is 0.600. The van der Waals surface area contributed by atoms with Crippen LogP contribution in [0, 0.1) is 13.8 Å². The molecule has 0 bridgehead atoms. The van der Waals surface area contributed by atoms with Crippen molar-refractivity contribution in [2.75, 3.05) is 24.6 Å². The molecule has 0 aliphatic carbocycles. The second-order valence-corrected chi connectivity index (χ2v) is 9.41. The van der Waals surface area contributed by atoms with Crippen LogP contribution >= 0.6 is 21.6 Å². The van der Waals surface area contributed by atoms with Crippen molar-refractivity contribution in [3.8, 4) is 0 Å². The minimum Gasteiger partial charge on any atom is -0.444 e. The lowest BCUT2D eigenvalue weighted by molar-refractivity contribution is 0.0531. The Hall–Kier alpha value is -1.34. The topological polar surface area (TPSA) is 67.4 Å². The molecule has 1 aromatic carbocycles. The van der Waals surface area contributed by atoms with E-state index in [4.69, 9.17) is 4.74 Å². The lowest BCUT2D eigenvalue weighted by atomic mass is 10.1. The van der Waals surface area contributed by atoms with Crippen molar-refractivity contribution in [3.05, 3.63) is 34.9 Å². The Morgan fingerprint density at radius 3 is 1.89 bits per heavy atom. The molecule has 2 amide bonds. The minimum atomic E-state index is -0.472. The van der Waals surface area contributed by atoms with Crippen LogP contribution in [0.25, 0.3) is 0 Å². The Labute approximate surface area is 172 Å². The molecule has 2 N–H and O–H groups in total. The van der Waals surface area contributed by atoms with Gasteiger partial charge in [0, 0.05) is 30.2 Å². The highest BCUT2D eigenvalue weighted by atomic mass is 33.1. The van der Waals surface area contributed by atoms with Gasteiger partial charge in [-0.2, -0.15) is 0 Å². The number of alkyl carbamates (subject to hydrolysis) is 1. The Morgan fingerprint density at radius 2 is 1.41 bits per heavy atom. The van der Waals surface area contributed by atoms with Gasteiger partial charge in [-0.05, 0) is 46.8 Å². The van der Waals surface area contributed by atoms with Crippen LogP contribution < -0.4 is 10.6 Å². The summed E-state index contributed by atoms with van der Waals surface area (Å²) in [7, 11) is 3.33. The van der Waals surface area contributed by atoms with E-state index in [9.17, 15) is 9.59 Å². The molecule has 0 unspecified atom stereocenters. The number of ether oxygens (including phenoxy) is 1. The predicted octanol–water partition coefficient (Wildman–Crippen LogP) is 4.97.